The summed E-state index contributed by atoms with van der Waals surface area (Å²) < 4.78 is 13.6. The maximum atomic E-state index is 13.6. The lowest BCUT2D eigenvalue weighted by Crippen LogP contribution is -2.21. The van der Waals surface area contributed by atoms with E-state index in [9.17, 15) is 9.18 Å². The predicted molar refractivity (Wildman–Crippen MR) is 81.7 cm³/mol. The summed E-state index contributed by atoms with van der Waals surface area (Å²) in [5.41, 5.74) is 2.63. The van der Waals surface area contributed by atoms with Gasteiger partial charge in [-0.05, 0) is 30.3 Å². The van der Waals surface area contributed by atoms with Crippen LogP contribution in [0.5, 0.6) is 0 Å². The number of para-hydroxylation sites is 1. The summed E-state index contributed by atoms with van der Waals surface area (Å²) in [5.74, 6) is -0.496. The first-order valence-electron chi connectivity index (χ1n) is 6.65. The van der Waals surface area contributed by atoms with Crippen LogP contribution in [0.2, 0.25) is 0 Å². The van der Waals surface area contributed by atoms with Crippen molar-refractivity contribution in [2.24, 2.45) is 0 Å². The molecule has 1 aliphatic heterocycles. The maximum Gasteiger partial charge on any atom is 0.265 e. The first kappa shape index (κ1) is 13.4. The van der Waals surface area contributed by atoms with E-state index in [1.54, 1.807) is 17.2 Å². The van der Waals surface area contributed by atoms with Gasteiger partial charge in [0.25, 0.3) is 5.91 Å². The molecule has 0 fully saturated rings. The van der Waals surface area contributed by atoms with Gasteiger partial charge in [-0.2, -0.15) is 0 Å². The number of nitrogens with zero attached hydrogens (tertiary/aromatic N) is 2. The van der Waals surface area contributed by atoms with Crippen LogP contribution in [0, 0.1) is 5.82 Å². The summed E-state index contributed by atoms with van der Waals surface area (Å²) in [6.45, 7) is 0. The first-order valence-corrected chi connectivity index (χ1v) is 6.65. The van der Waals surface area contributed by atoms with Crippen molar-refractivity contribution in [2.75, 3.05) is 19.0 Å². The summed E-state index contributed by atoms with van der Waals surface area (Å²) in [4.78, 5) is 16.1. The molecule has 0 bridgehead atoms. The zero-order valence-corrected chi connectivity index (χ0v) is 11.9. The molecule has 0 aromatic heterocycles. The molecule has 0 radical (unpaired) electrons. The minimum Gasteiger partial charge on any atom is -0.383 e. The van der Waals surface area contributed by atoms with E-state index in [0.717, 1.165) is 11.3 Å². The van der Waals surface area contributed by atoms with Gasteiger partial charge in [-0.3, -0.25) is 9.69 Å². The molecule has 4 heteroatoms. The van der Waals surface area contributed by atoms with Crippen LogP contribution in [0.1, 0.15) is 5.56 Å². The molecule has 1 heterocycles. The zero-order valence-electron chi connectivity index (χ0n) is 11.9. The number of benzene rings is 2. The van der Waals surface area contributed by atoms with Gasteiger partial charge in [0.1, 0.15) is 5.82 Å². The summed E-state index contributed by atoms with van der Waals surface area (Å²) in [7, 11) is 3.71. The van der Waals surface area contributed by atoms with Crippen LogP contribution in [-0.2, 0) is 4.79 Å². The number of hydrogen-bond acceptors (Lipinski definition) is 2. The number of halogens is 1. The van der Waals surface area contributed by atoms with E-state index in [0.29, 0.717) is 11.3 Å². The molecule has 1 amide bonds. The minimum atomic E-state index is -0.353. The molecule has 0 atom stereocenters. The van der Waals surface area contributed by atoms with Crippen LogP contribution in [0.25, 0.3) is 5.57 Å². The highest BCUT2D eigenvalue weighted by atomic mass is 19.1. The average molecular weight is 282 g/mol. The second-order valence-electron chi connectivity index (χ2n) is 5.14. The van der Waals surface area contributed by atoms with Crippen molar-refractivity contribution in [3.63, 3.8) is 0 Å². The van der Waals surface area contributed by atoms with Gasteiger partial charge in [-0.25, -0.2) is 4.39 Å². The Bertz CT molecular complexity index is 723. The predicted octanol–water partition coefficient (Wildman–Crippen LogP) is 3.41. The van der Waals surface area contributed by atoms with Crippen molar-refractivity contribution in [1.29, 1.82) is 0 Å². The Morgan fingerprint density at radius 1 is 1.10 bits per heavy atom. The SMILES string of the molecule is CN(C)/C=C1\C(=O)N(c2ccccc2)c2cc(F)ccc21. The number of carbonyl (C=O) groups is 1. The van der Waals surface area contributed by atoms with Crippen molar-refractivity contribution in [3.8, 4) is 0 Å². The third-order valence-corrected chi connectivity index (χ3v) is 3.33. The fourth-order valence-corrected chi connectivity index (χ4v) is 2.48. The number of rotatable bonds is 2. The lowest BCUT2D eigenvalue weighted by Gasteiger charge is -2.17. The molecule has 106 valence electrons. The fraction of sp³-hybridized carbons (Fsp3) is 0.118. The van der Waals surface area contributed by atoms with Gasteiger partial charge in [0.15, 0.2) is 0 Å². The van der Waals surface area contributed by atoms with E-state index in [4.69, 9.17) is 0 Å². The normalized spacial score (nSPS) is 15.5. The smallest absolute Gasteiger partial charge is 0.265 e. The molecule has 2 aromatic carbocycles. The van der Waals surface area contributed by atoms with Gasteiger partial charge in [-0.1, -0.05) is 18.2 Å². The lowest BCUT2D eigenvalue weighted by molar-refractivity contribution is -0.112. The molecule has 0 spiro atoms. The molecule has 3 nitrogen and oxygen atoms in total. The molecule has 3 rings (SSSR count). The van der Waals surface area contributed by atoms with E-state index in [2.05, 4.69) is 0 Å². The monoisotopic (exact) mass is 282 g/mol. The number of hydrogen-bond donors (Lipinski definition) is 0. The highest BCUT2D eigenvalue weighted by molar-refractivity contribution is 6.34. The standard InChI is InChI=1S/C17H15FN2O/c1-19(2)11-15-14-9-8-12(18)10-16(14)20(17(15)21)13-6-4-3-5-7-13/h3-11H,1-2H3/b15-11-. The van der Waals surface area contributed by atoms with Crippen molar-refractivity contribution >= 4 is 22.9 Å². The molecular weight excluding hydrogens is 267 g/mol. The Labute approximate surface area is 122 Å². The molecule has 21 heavy (non-hydrogen) atoms. The summed E-state index contributed by atoms with van der Waals surface area (Å²) in [5, 5.41) is 0. The average Bonchev–Trinajstić information content (AvgIpc) is 2.71. The van der Waals surface area contributed by atoms with E-state index in [1.807, 2.05) is 49.3 Å². The van der Waals surface area contributed by atoms with E-state index in [1.165, 1.54) is 12.1 Å². The quantitative estimate of drug-likeness (QED) is 0.788. The summed E-state index contributed by atoms with van der Waals surface area (Å²) >= 11 is 0. The van der Waals surface area contributed by atoms with Gasteiger partial charge in [0.2, 0.25) is 0 Å². The molecule has 0 unspecified atom stereocenters. The Morgan fingerprint density at radius 3 is 2.48 bits per heavy atom. The molecule has 0 aliphatic carbocycles. The molecular formula is C17H15FN2O. The third-order valence-electron chi connectivity index (χ3n) is 3.33. The van der Waals surface area contributed by atoms with Crippen molar-refractivity contribution in [2.45, 2.75) is 0 Å². The number of anilines is 2. The Balaban J connectivity index is 2.20. The van der Waals surface area contributed by atoms with Gasteiger partial charge in [0, 0.05) is 31.5 Å². The fourth-order valence-electron chi connectivity index (χ4n) is 2.48. The molecule has 0 saturated carbocycles. The van der Waals surface area contributed by atoms with Gasteiger partial charge < -0.3 is 4.90 Å². The highest BCUT2D eigenvalue weighted by Gasteiger charge is 2.33. The van der Waals surface area contributed by atoms with E-state index >= 15 is 0 Å². The minimum absolute atomic E-state index is 0.143. The summed E-state index contributed by atoms with van der Waals surface area (Å²) in [6, 6.07) is 13.7. The lowest BCUT2D eigenvalue weighted by atomic mass is 10.1. The Kier molecular flexibility index (Phi) is 3.22. The van der Waals surface area contributed by atoms with E-state index in [-0.39, 0.29) is 11.7 Å². The van der Waals surface area contributed by atoms with Gasteiger partial charge in [-0.15, -0.1) is 0 Å². The molecule has 2 aromatic rings. The number of carbonyl (C=O) groups excluding carboxylic acids is 1. The van der Waals surface area contributed by atoms with Gasteiger partial charge >= 0.3 is 0 Å². The topological polar surface area (TPSA) is 23.6 Å². The summed E-state index contributed by atoms with van der Waals surface area (Å²) in [6.07, 6.45) is 1.77. The van der Waals surface area contributed by atoms with Crippen LogP contribution < -0.4 is 4.90 Å². The van der Waals surface area contributed by atoms with Crippen LogP contribution in [0.15, 0.2) is 54.7 Å². The van der Waals surface area contributed by atoms with Crippen molar-refractivity contribution < 1.29 is 9.18 Å². The van der Waals surface area contributed by atoms with Crippen molar-refractivity contribution in [1.82, 2.24) is 4.90 Å². The van der Waals surface area contributed by atoms with Crippen LogP contribution in [-0.4, -0.2) is 24.9 Å². The van der Waals surface area contributed by atoms with Crippen LogP contribution >= 0.6 is 0 Å². The highest BCUT2D eigenvalue weighted by Crippen LogP contribution is 2.41. The molecule has 1 aliphatic rings. The number of amides is 1. The second kappa shape index (κ2) is 5.05. The number of fused-ring (bicyclic) bond motifs is 1. The third kappa shape index (κ3) is 2.29. The van der Waals surface area contributed by atoms with Crippen LogP contribution in [0.4, 0.5) is 15.8 Å². The Morgan fingerprint density at radius 2 is 1.81 bits per heavy atom. The Hall–Kier alpha value is -2.62. The molecule has 0 saturated heterocycles. The first-order chi connectivity index (χ1) is 10.1. The largest absolute Gasteiger partial charge is 0.383 e. The van der Waals surface area contributed by atoms with Gasteiger partial charge in [0.05, 0.1) is 11.3 Å². The van der Waals surface area contributed by atoms with Crippen LogP contribution in [0.3, 0.4) is 0 Å². The van der Waals surface area contributed by atoms with E-state index < -0.39 is 0 Å². The van der Waals surface area contributed by atoms with Crippen molar-refractivity contribution in [3.05, 3.63) is 66.1 Å². The second-order valence-corrected chi connectivity index (χ2v) is 5.14. The zero-order chi connectivity index (χ0) is 15.0. The maximum absolute atomic E-state index is 13.6. The molecule has 0 N–H and O–H groups in total.